The number of pyridine rings is 2. The number of para-hydroxylation sites is 2. The number of allylic oxidation sites excluding steroid dienone is 1. The van der Waals surface area contributed by atoms with Crippen LogP contribution in [-0.2, 0) is 6.42 Å². The number of aromatic nitrogens is 4. The molecule has 46 heavy (non-hydrogen) atoms. The molecule has 0 saturated heterocycles. The minimum Gasteiger partial charge on any atom is -0.294 e. The first-order valence-electron chi connectivity index (χ1n) is 15.5. The Balaban J connectivity index is 1.39. The third kappa shape index (κ3) is 4.01. The van der Waals surface area contributed by atoms with Crippen LogP contribution in [0.15, 0.2) is 134 Å². The van der Waals surface area contributed by atoms with E-state index in [4.69, 9.17) is 9.97 Å². The number of rotatable bonds is 4. The van der Waals surface area contributed by atoms with Crippen molar-refractivity contribution in [1.82, 2.24) is 19.1 Å². The second-order valence-electron chi connectivity index (χ2n) is 11.7. The largest absolute Gasteiger partial charge is 0.294 e. The Morgan fingerprint density at radius 3 is 2.15 bits per heavy atom. The number of benzene rings is 4. The van der Waals surface area contributed by atoms with Gasteiger partial charge in [-0.1, -0.05) is 78.9 Å². The highest BCUT2D eigenvalue weighted by Crippen LogP contribution is 2.39. The van der Waals surface area contributed by atoms with Crippen LogP contribution in [0.25, 0.3) is 72.8 Å². The smallest absolute Gasteiger partial charge is 0.146 e. The second-order valence-corrected chi connectivity index (χ2v) is 11.7. The molecular weight excluding hydrogens is 562 g/mol. The summed E-state index contributed by atoms with van der Waals surface area (Å²) in [6.07, 6.45) is 8.39. The summed E-state index contributed by atoms with van der Waals surface area (Å²) in [5.41, 5.74) is 10.4. The van der Waals surface area contributed by atoms with Gasteiger partial charge < -0.3 is 0 Å². The van der Waals surface area contributed by atoms with E-state index in [1.807, 2.05) is 30.5 Å². The van der Waals surface area contributed by atoms with E-state index in [-0.39, 0.29) is 0 Å². The van der Waals surface area contributed by atoms with Gasteiger partial charge in [0.25, 0.3) is 0 Å². The molecule has 5 heteroatoms. The van der Waals surface area contributed by atoms with Gasteiger partial charge in [0.05, 0.1) is 28.4 Å². The van der Waals surface area contributed by atoms with E-state index >= 15 is 0 Å². The molecule has 0 atom stereocenters. The molecule has 0 amide bonds. The van der Waals surface area contributed by atoms with Crippen molar-refractivity contribution in [3.05, 3.63) is 150 Å². The Labute approximate surface area is 266 Å². The molecule has 0 spiro atoms. The molecule has 0 N–H and O–H groups in total. The van der Waals surface area contributed by atoms with Gasteiger partial charge in [0.1, 0.15) is 17.3 Å². The van der Waals surface area contributed by atoms with Gasteiger partial charge in [0, 0.05) is 22.4 Å². The summed E-state index contributed by atoms with van der Waals surface area (Å²) in [6.45, 7) is 0. The third-order valence-corrected chi connectivity index (χ3v) is 9.09. The third-order valence-electron chi connectivity index (χ3n) is 9.09. The van der Waals surface area contributed by atoms with Crippen molar-refractivity contribution in [2.75, 3.05) is 0 Å². The number of nitrogens with zero attached hydrogens (tertiary/aromatic N) is 5. The van der Waals surface area contributed by atoms with E-state index in [2.05, 4.69) is 124 Å². The first-order valence-corrected chi connectivity index (χ1v) is 15.5. The quantitative estimate of drug-likeness (QED) is 0.205. The molecule has 9 rings (SSSR count). The van der Waals surface area contributed by atoms with Crippen LogP contribution in [0, 0.1) is 11.3 Å². The van der Waals surface area contributed by atoms with Crippen LogP contribution >= 0.6 is 0 Å². The number of nitriles is 1. The molecule has 4 aromatic heterocycles. The van der Waals surface area contributed by atoms with Crippen LogP contribution in [0.5, 0.6) is 0 Å². The summed E-state index contributed by atoms with van der Waals surface area (Å²) < 4.78 is 4.50. The molecule has 0 radical (unpaired) electrons. The lowest BCUT2D eigenvalue weighted by Crippen LogP contribution is -2.07. The minimum absolute atomic E-state index is 0.636. The second kappa shape index (κ2) is 10.4. The Kier molecular flexibility index (Phi) is 5.94. The van der Waals surface area contributed by atoms with Crippen LogP contribution in [0.1, 0.15) is 23.2 Å². The summed E-state index contributed by atoms with van der Waals surface area (Å²) in [4.78, 5) is 10.3. The molecule has 0 saturated carbocycles. The maximum Gasteiger partial charge on any atom is 0.146 e. The molecule has 0 fully saturated rings. The topological polar surface area (TPSA) is 59.4 Å². The van der Waals surface area contributed by atoms with Crippen molar-refractivity contribution in [2.45, 2.75) is 12.8 Å². The average molecular weight is 590 g/mol. The Morgan fingerprint density at radius 1 is 0.630 bits per heavy atom. The lowest BCUT2D eigenvalue weighted by Gasteiger charge is -2.17. The fraction of sp³-hybridized carbons (Fsp3) is 0.0488. The van der Waals surface area contributed by atoms with Gasteiger partial charge >= 0.3 is 0 Å². The van der Waals surface area contributed by atoms with Gasteiger partial charge in [0.15, 0.2) is 0 Å². The summed E-state index contributed by atoms with van der Waals surface area (Å²) in [5.74, 6) is 1.64. The van der Waals surface area contributed by atoms with Crippen molar-refractivity contribution in [3.63, 3.8) is 0 Å². The monoisotopic (exact) mass is 589 g/mol. The first kappa shape index (κ1) is 26.2. The number of hydrogen-bond acceptors (Lipinski definition) is 3. The van der Waals surface area contributed by atoms with Crippen molar-refractivity contribution in [3.8, 4) is 40.0 Å². The van der Waals surface area contributed by atoms with Crippen molar-refractivity contribution >= 4 is 38.9 Å². The molecule has 0 aliphatic heterocycles. The van der Waals surface area contributed by atoms with Crippen LogP contribution in [0.3, 0.4) is 0 Å². The number of hydrogen-bond donors (Lipinski definition) is 0. The van der Waals surface area contributed by atoms with Gasteiger partial charge in [-0.25, -0.2) is 9.97 Å². The van der Waals surface area contributed by atoms with Crippen LogP contribution in [0.4, 0.5) is 0 Å². The molecule has 8 aromatic rings. The van der Waals surface area contributed by atoms with Crippen LogP contribution in [0.2, 0.25) is 0 Å². The lowest BCUT2D eigenvalue weighted by atomic mass is 9.94. The summed E-state index contributed by atoms with van der Waals surface area (Å²) in [6, 6.07) is 44.1. The Hall–Kier alpha value is -6.25. The predicted octanol–water partition coefficient (Wildman–Crippen LogP) is 9.68. The normalized spacial score (nSPS) is 12.5. The van der Waals surface area contributed by atoms with E-state index < -0.39 is 0 Å². The molecule has 0 unspecified atom stereocenters. The molecule has 1 aliphatic carbocycles. The van der Waals surface area contributed by atoms with Crippen LogP contribution in [-0.4, -0.2) is 19.1 Å². The van der Waals surface area contributed by atoms with E-state index in [9.17, 15) is 5.26 Å². The maximum atomic E-state index is 9.66. The Bertz CT molecular complexity index is 2500. The van der Waals surface area contributed by atoms with E-state index in [1.54, 1.807) is 0 Å². The Morgan fingerprint density at radius 2 is 1.33 bits per heavy atom. The summed E-state index contributed by atoms with van der Waals surface area (Å²) >= 11 is 0. The molecular formula is C41H27N5. The molecule has 4 aromatic carbocycles. The fourth-order valence-electron chi connectivity index (χ4n) is 7.09. The highest BCUT2D eigenvalue weighted by molar-refractivity contribution is 6.07. The SMILES string of the molecule is N#Cc1cccc(-c2ccccc2-c2cc(-n3c4c(c5ccccc53)CCC=C4)nc(-n3c4ccccc4c4cccnc43)c2)c1. The minimum atomic E-state index is 0.636. The van der Waals surface area contributed by atoms with Crippen molar-refractivity contribution < 1.29 is 0 Å². The molecule has 216 valence electrons. The zero-order valence-electron chi connectivity index (χ0n) is 24.9. The van der Waals surface area contributed by atoms with E-state index in [0.717, 1.165) is 74.2 Å². The highest BCUT2D eigenvalue weighted by atomic mass is 15.2. The van der Waals surface area contributed by atoms with Gasteiger partial charge in [-0.2, -0.15) is 5.26 Å². The standard InChI is InChI=1S/C41H27N5/c42-26-27-11-9-12-28(23-27)30-13-1-2-14-31(30)29-24-39(45-36-19-6-3-15-32(36)33-16-4-7-20-37(33)45)44-40(25-29)46-38-21-8-5-17-34(38)35-18-10-22-43-41(35)46/h1-3,5-15,17-25H,4,16H2. The van der Waals surface area contributed by atoms with Gasteiger partial charge in [-0.05, 0) is 95.3 Å². The highest BCUT2D eigenvalue weighted by Gasteiger charge is 2.22. The average Bonchev–Trinajstić information content (AvgIpc) is 3.65. The molecule has 1 aliphatic rings. The lowest BCUT2D eigenvalue weighted by molar-refractivity contribution is 0.940. The first-order chi connectivity index (χ1) is 22.8. The van der Waals surface area contributed by atoms with E-state index in [0.29, 0.717) is 5.56 Å². The number of aryl methyl sites for hydroxylation is 1. The van der Waals surface area contributed by atoms with E-state index in [1.165, 1.54) is 16.6 Å². The molecule has 5 nitrogen and oxygen atoms in total. The molecule has 0 bridgehead atoms. The van der Waals surface area contributed by atoms with Gasteiger partial charge in [-0.3, -0.25) is 9.13 Å². The van der Waals surface area contributed by atoms with Gasteiger partial charge in [-0.15, -0.1) is 0 Å². The molecule has 4 heterocycles. The van der Waals surface area contributed by atoms with Crippen molar-refractivity contribution in [1.29, 1.82) is 5.26 Å². The fourth-order valence-corrected chi connectivity index (χ4v) is 7.09. The predicted molar refractivity (Wildman–Crippen MR) is 186 cm³/mol. The van der Waals surface area contributed by atoms with Gasteiger partial charge in [0.2, 0.25) is 0 Å². The maximum absolute atomic E-state index is 9.66. The van der Waals surface area contributed by atoms with Crippen LogP contribution < -0.4 is 0 Å². The zero-order valence-corrected chi connectivity index (χ0v) is 24.9. The number of fused-ring (bicyclic) bond motifs is 6. The van der Waals surface area contributed by atoms with Crippen molar-refractivity contribution in [2.24, 2.45) is 0 Å². The zero-order chi connectivity index (χ0) is 30.6. The summed E-state index contributed by atoms with van der Waals surface area (Å²) in [5, 5.41) is 13.2. The summed E-state index contributed by atoms with van der Waals surface area (Å²) in [7, 11) is 0.